The summed E-state index contributed by atoms with van der Waals surface area (Å²) in [7, 11) is 1.98. The SMILES string of the molecule is CC(=N)N1CCc2nc(Cc3nc4ccc(C(=O)NCCCc5ccncc5)cc4n3C)[nH]c2C1. The van der Waals surface area contributed by atoms with Crippen molar-refractivity contribution in [2.24, 2.45) is 7.05 Å². The normalized spacial score (nSPS) is 13.1. The number of hydrogen-bond donors (Lipinski definition) is 3. The number of amidine groups is 1. The summed E-state index contributed by atoms with van der Waals surface area (Å²) >= 11 is 0. The number of hydrogen-bond acceptors (Lipinski definition) is 5. The average Bonchev–Trinajstić information content (AvgIpc) is 3.41. The maximum Gasteiger partial charge on any atom is 0.251 e. The van der Waals surface area contributed by atoms with E-state index >= 15 is 0 Å². The van der Waals surface area contributed by atoms with E-state index in [1.165, 1.54) is 5.56 Å². The standard InChI is InChI=1S/C26H30N8O/c1-17(27)34-13-9-20-22(16-34)31-24(30-20)15-25-32-21-6-5-19(14-23(21)33(25)2)26(35)29-10-3-4-18-7-11-28-12-8-18/h5-8,11-12,14,27H,3-4,9-10,13,15-16H2,1-2H3,(H,29,35)(H,30,31). The van der Waals surface area contributed by atoms with Gasteiger partial charge in [0.15, 0.2) is 0 Å². The van der Waals surface area contributed by atoms with Gasteiger partial charge in [-0.2, -0.15) is 0 Å². The lowest BCUT2D eigenvalue weighted by Gasteiger charge is -2.26. The topological polar surface area (TPSA) is 116 Å². The van der Waals surface area contributed by atoms with Crippen molar-refractivity contribution >= 4 is 22.8 Å². The van der Waals surface area contributed by atoms with Crippen LogP contribution in [0.2, 0.25) is 0 Å². The molecule has 0 fully saturated rings. The maximum absolute atomic E-state index is 12.7. The zero-order valence-electron chi connectivity index (χ0n) is 20.1. The fourth-order valence-electron chi connectivity index (χ4n) is 4.56. The van der Waals surface area contributed by atoms with Crippen LogP contribution in [-0.2, 0) is 32.9 Å². The van der Waals surface area contributed by atoms with Crippen LogP contribution in [0, 0.1) is 5.41 Å². The summed E-state index contributed by atoms with van der Waals surface area (Å²) < 4.78 is 2.03. The van der Waals surface area contributed by atoms with Crippen molar-refractivity contribution in [1.29, 1.82) is 5.41 Å². The van der Waals surface area contributed by atoms with Crippen LogP contribution in [0.5, 0.6) is 0 Å². The average molecular weight is 471 g/mol. The second-order valence-electron chi connectivity index (χ2n) is 9.05. The third kappa shape index (κ3) is 4.94. The number of carbonyl (C=O) groups excluding carboxylic acids is 1. The molecule has 1 aromatic carbocycles. The Labute approximate surface area is 204 Å². The van der Waals surface area contributed by atoms with Crippen LogP contribution in [0.3, 0.4) is 0 Å². The van der Waals surface area contributed by atoms with Gasteiger partial charge in [0.05, 0.1) is 41.2 Å². The van der Waals surface area contributed by atoms with Crippen LogP contribution in [0.4, 0.5) is 0 Å². The quantitative estimate of drug-likeness (QED) is 0.218. The molecule has 0 aliphatic carbocycles. The van der Waals surface area contributed by atoms with Crippen LogP contribution in [0.15, 0.2) is 42.7 Å². The van der Waals surface area contributed by atoms with Crippen LogP contribution in [0.1, 0.15) is 52.3 Å². The molecule has 35 heavy (non-hydrogen) atoms. The van der Waals surface area contributed by atoms with Gasteiger partial charge in [0, 0.05) is 44.5 Å². The molecule has 180 valence electrons. The molecule has 0 radical (unpaired) electrons. The third-order valence-electron chi connectivity index (χ3n) is 6.59. The monoisotopic (exact) mass is 470 g/mol. The molecule has 0 saturated carbocycles. The summed E-state index contributed by atoms with van der Waals surface area (Å²) in [5, 5.41) is 10.9. The highest BCUT2D eigenvalue weighted by Gasteiger charge is 2.21. The van der Waals surface area contributed by atoms with E-state index in [-0.39, 0.29) is 5.91 Å². The van der Waals surface area contributed by atoms with Gasteiger partial charge in [0.1, 0.15) is 11.6 Å². The molecule has 4 heterocycles. The predicted molar refractivity (Wildman–Crippen MR) is 135 cm³/mol. The first-order valence-corrected chi connectivity index (χ1v) is 12.0. The molecule has 4 aromatic rings. The Kier molecular flexibility index (Phi) is 6.31. The summed E-state index contributed by atoms with van der Waals surface area (Å²) in [4.78, 5) is 31.8. The predicted octanol–water partition coefficient (Wildman–Crippen LogP) is 3.00. The molecular formula is C26H30N8O. The van der Waals surface area contributed by atoms with Crippen LogP contribution < -0.4 is 5.32 Å². The molecule has 9 heteroatoms. The van der Waals surface area contributed by atoms with Crippen molar-refractivity contribution < 1.29 is 4.79 Å². The number of nitrogens with one attached hydrogen (secondary N) is 3. The maximum atomic E-state index is 12.7. The lowest BCUT2D eigenvalue weighted by atomic mass is 10.1. The highest BCUT2D eigenvalue weighted by molar-refractivity contribution is 5.97. The van der Waals surface area contributed by atoms with Crippen LogP contribution in [0.25, 0.3) is 11.0 Å². The number of aromatic nitrogens is 5. The highest BCUT2D eigenvalue weighted by atomic mass is 16.1. The second-order valence-corrected chi connectivity index (χ2v) is 9.05. The van der Waals surface area contributed by atoms with E-state index in [9.17, 15) is 4.79 Å². The first-order valence-electron chi connectivity index (χ1n) is 12.0. The number of pyridine rings is 1. The van der Waals surface area contributed by atoms with Gasteiger partial charge in [-0.25, -0.2) is 9.97 Å². The van der Waals surface area contributed by atoms with Crippen LogP contribution >= 0.6 is 0 Å². The van der Waals surface area contributed by atoms with E-state index < -0.39 is 0 Å². The number of amides is 1. The minimum absolute atomic E-state index is 0.0749. The lowest BCUT2D eigenvalue weighted by Crippen LogP contribution is -2.33. The Morgan fingerprint density at radius 2 is 2.03 bits per heavy atom. The van der Waals surface area contributed by atoms with E-state index in [0.29, 0.717) is 30.9 Å². The molecule has 3 N–H and O–H groups in total. The summed E-state index contributed by atoms with van der Waals surface area (Å²) in [6.07, 6.45) is 6.78. The lowest BCUT2D eigenvalue weighted by molar-refractivity contribution is 0.0953. The Balaban J connectivity index is 1.24. The van der Waals surface area contributed by atoms with Crippen LogP contribution in [-0.4, -0.2) is 54.2 Å². The van der Waals surface area contributed by atoms with Gasteiger partial charge >= 0.3 is 0 Å². The zero-order valence-corrected chi connectivity index (χ0v) is 20.1. The molecule has 1 amide bonds. The van der Waals surface area contributed by atoms with Crippen molar-refractivity contribution in [1.82, 2.24) is 34.7 Å². The molecule has 3 aromatic heterocycles. The molecule has 1 aliphatic rings. The number of aromatic amines is 1. The Hall–Kier alpha value is -4.01. The molecule has 5 rings (SSSR count). The van der Waals surface area contributed by atoms with E-state index in [4.69, 9.17) is 15.4 Å². The Bertz CT molecular complexity index is 1370. The van der Waals surface area contributed by atoms with Gasteiger partial charge in [-0.1, -0.05) is 0 Å². The highest BCUT2D eigenvalue weighted by Crippen LogP contribution is 2.21. The minimum Gasteiger partial charge on any atom is -0.355 e. The van der Waals surface area contributed by atoms with Gasteiger partial charge in [-0.3, -0.25) is 15.2 Å². The van der Waals surface area contributed by atoms with Crippen molar-refractivity contribution in [2.75, 3.05) is 13.1 Å². The van der Waals surface area contributed by atoms with E-state index in [2.05, 4.69) is 15.3 Å². The summed E-state index contributed by atoms with van der Waals surface area (Å²) in [6, 6.07) is 9.64. The number of H-pyrrole nitrogens is 1. The second kappa shape index (κ2) is 9.69. The Morgan fingerprint density at radius 3 is 2.83 bits per heavy atom. The summed E-state index contributed by atoms with van der Waals surface area (Å²) in [6.45, 7) is 3.96. The van der Waals surface area contributed by atoms with Gasteiger partial charge in [0.2, 0.25) is 0 Å². The number of imidazole rings is 2. The van der Waals surface area contributed by atoms with E-state index in [0.717, 1.165) is 59.9 Å². The summed E-state index contributed by atoms with van der Waals surface area (Å²) in [5.74, 6) is 2.27. The number of nitrogens with zero attached hydrogens (tertiary/aromatic N) is 5. The molecular weight excluding hydrogens is 440 g/mol. The molecule has 0 unspecified atom stereocenters. The molecule has 9 nitrogen and oxygen atoms in total. The van der Waals surface area contributed by atoms with E-state index in [1.54, 1.807) is 12.4 Å². The van der Waals surface area contributed by atoms with Crippen molar-refractivity contribution in [3.8, 4) is 0 Å². The minimum atomic E-state index is -0.0749. The summed E-state index contributed by atoms with van der Waals surface area (Å²) in [5.41, 5.74) is 5.80. The van der Waals surface area contributed by atoms with Gasteiger partial charge < -0.3 is 19.8 Å². The van der Waals surface area contributed by atoms with Gasteiger partial charge in [-0.05, 0) is 55.7 Å². The zero-order chi connectivity index (χ0) is 24.4. The molecule has 0 atom stereocenters. The third-order valence-corrected chi connectivity index (χ3v) is 6.59. The first kappa shape index (κ1) is 22.8. The molecule has 0 saturated heterocycles. The number of rotatable bonds is 7. The van der Waals surface area contributed by atoms with Gasteiger partial charge in [0.25, 0.3) is 5.91 Å². The number of aryl methyl sites for hydroxylation is 2. The largest absolute Gasteiger partial charge is 0.355 e. The number of carbonyl (C=O) groups is 1. The first-order chi connectivity index (χ1) is 17.0. The van der Waals surface area contributed by atoms with Crippen molar-refractivity contribution in [2.45, 2.75) is 39.2 Å². The number of fused-ring (bicyclic) bond motifs is 2. The molecule has 1 aliphatic heterocycles. The fraction of sp³-hybridized carbons (Fsp3) is 0.346. The Morgan fingerprint density at radius 1 is 1.20 bits per heavy atom. The number of benzene rings is 1. The van der Waals surface area contributed by atoms with Gasteiger partial charge in [-0.15, -0.1) is 0 Å². The van der Waals surface area contributed by atoms with Crippen molar-refractivity contribution in [3.63, 3.8) is 0 Å². The molecule has 0 spiro atoms. The fourth-order valence-corrected chi connectivity index (χ4v) is 4.56. The molecule has 0 bridgehead atoms. The van der Waals surface area contributed by atoms with E-state index in [1.807, 2.05) is 53.8 Å². The van der Waals surface area contributed by atoms with Crippen molar-refractivity contribution in [3.05, 3.63) is 76.9 Å². The smallest absolute Gasteiger partial charge is 0.251 e.